The molecule has 0 radical (unpaired) electrons. The minimum Gasteiger partial charge on any atom is -0.0996 e. The molecule has 0 nitrogen and oxygen atoms in total. The van der Waals surface area contributed by atoms with E-state index in [4.69, 9.17) is 0 Å². The van der Waals surface area contributed by atoms with E-state index in [1.54, 1.807) is 0 Å². The summed E-state index contributed by atoms with van der Waals surface area (Å²) in [7, 11) is 0. The van der Waals surface area contributed by atoms with Crippen molar-refractivity contribution in [3.8, 4) is 11.8 Å². The Morgan fingerprint density at radius 3 is 2.07 bits per heavy atom. The Hall–Kier alpha value is -0.440. The standard InChI is InChI=1S/C15H24/c1-5-13-8-14(12(13)4)9-15-10(2)6-7-11(15)3/h10-15H,5,8-9H2,1-4H3. The zero-order chi connectivity index (χ0) is 11.0. The summed E-state index contributed by atoms with van der Waals surface area (Å²) in [4.78, 5) is 0. The van der Waals surface area contributed by atoms with Crippen molar-refractivity contribution in [2.45, 2.75) is 47.0 Å². The largest absolute Gasteiger partial charge is 0.0996 e. The van der Waals surface area contributed by atoms with E-state index < -0.39 is 0 Å². The Bertz CT molecular complexity index is 266. The molecule has 2 aliphatic carbocycles. The molecule has 0 aromatic carbocycles. The smallest absolute Gasteiger partial charge is 0.0214 e. The van der Waals surface area contributed by atoms with Gasteiger partial charge in [0.2, 0.25) is 0 Å². The monoisotopic (exact) mass is 204 g/mol. The third-order valence-electron chi connectivity index (χ3n) is 5.02. The molecule has 5 unspecified atom stereocenters. The highest BCUT2D eigenvalue weighted by atomic mass is 14.4. The van der Waals surface area contributed by atoms with Gasteiger partial charge in [-0.15, -0.1) is 0 Å². The van der Waals surface area contributed by atoms with Crippen LogP contribution in [0, 0.1) is 47.3 Å². The molecule has 0 saturated heterocycles. The summed E-state index contributed by atoms with van der Waals surface area (Å²) in [6, 6.07) is 0. The van der Waals surface area contributed by atoms with Gasteiger partial charge in [-0.1, -0.05) is 46.0 Å². The van der Waals surface area contributed by atoms with Crippen molar-refractivity contribution in [2.24, 2.45) is 35.5 Å². The van der Waals surface area contributed by atoms with Crippen molar-refractivity contribution in [1.29, 1.82) is 0 Å². The number of hydrogen-bond acceptors (Lipinski definition) is 0. The van der Waals surface area contributed by atoms with Gasteiger partial charge in [-0.3, -0.25) is 0 Å². The Morgan fingerprint density at radius 1 is 1.00 bits per heavy atom. The van der Waals surface area contributed by atoms with Crippen LogP contribution >= 0.6 is 0 Å². The fourth-order valence-corrected chi connectivity index (χ4v) is 3.52. The van der Waals surface area contributed by atoms with Crippen LogP contribution in [-0.4, -0.2) is 0 Å². The molecule has 0 aromatic rings. The van der Waals surface area contributed by atoms with E-state index in [0.717, 1.165) is 23.7 Å². The topological polar surface area (TPSA) is 0 Å². The van der Waals surface area contributed by atoms with Crippen molar-refractivity contribution in [3.63, 3.8) is 0 Å². The van der Waals surface area contributed by atoms with Crippen LogP contribution in [0.1, 0.15) is 47.0 Å². The first kappa shape index (κ1) is 11.1. The molecule has 15 heavy (non-hydrogen) atoms. The second-order valence-corrected chi connectivity index (χ2v) is 5.79. The zero-order valence-corrected chi connectivity index (χ0v) is 10.6. The predicted octanol–water partition coefficient (Wildman–Crippen LogP) is 3.96. The van der Waals surface area contributed by atoms with Crippen LogP contribution in [0.4, 0.5) is 0 Å². The summed E-state index contributed by atoms with van der Waals surface area (Å²) in [6.07, 6.45) is 4.28. The van der Waals surface area contributed by atoms with Gasteiger partial charge in [0, 0.05) is 11.8 Å². The van der Waals surface area contributed by atoms with Crippen LogP contribution in [0.2, 0.25) is 0 Å². The SMILES string of the molecule is CCC1CC(CC2C(C)C#CC2C)C1C. The van der Waals surface area contributed by atoms with E-state index in [2.05, 4.69) is 39.5 Å². The molecule has 0 aromatic heterocycles. The molecule has 1 fully saturated rings. The fourth-order valence-electron chi connectivity index (χ4n) is 3.52. The zero-order valence-electron chi connectivity index (χ0n) is 10.6. The Kier molecular flexibility index (Phi) is 3.10. The lowest BCUT2D eigenvalue weighted by Gasteiger charge is -2.44. The molecular formula is C15H24. The second-order valence-electron chi connectivity index (χ2n) is 5.79. The van der Waals surface area contributed by atoms with Crippen LogP contribution in [0.25, 0.3) is 0 Å². The van der Waals surface area contributed by atoms with Gasteiger partial charge >= 0.3 is 0 Å². The van der Waals surface area contributed by atoms with Crippen LogP contribution in [0.3, 0.4) is 0 Å². The van der Waals surface area contributed by atoms with Gasteiger partial charge in [-0.05, 0) is 36.5 Å². The van der Waals surface area contributed by atoms with E-state index in [-0.39, 0.29) is 0 Å². The van der Waals surface area contributed by atoms with E-state index in [1.165, 1.54) is 19.3 Å². The first-order valence-electron chi connectivity index (χ1n) is 6.64. The maximum Gasteiger partial charge on any atom is 0.0214 e. The van der Waals surface area contributed by atoms with Crippen molar-refractivity contribution >= 4 is 0 Å². The lowest BCUT2D eigenvalue weighted by atomic mass is 9.61. The van der Waals surface area contributed by atoms with Crippen LogP contribution in [-0.2, 0) is 0 Å². The number of hydrogen-bond donors (Lipinski definition) is 0. The highest BCUT2D eigenvalue weighted by molar-refractivity contribution is 5.16. The molecule has 1 saturated carbocycles. The van der Waals surface area contributed by atoms with Crippen LogP contribution < -0.4 is 0 Å². The van der Waals surface area contributed by atoms with E-state index in [0.29, 0.717) is 11.8 Å². The summed E-state index contributed by atoms with van der Waals surface area (Å²) in [5.74, 6) is 11.8. The highest BCUT2D eigenvalue weighted by Crippen LogP contribution is 2.47. The minimum atomic E-state index is 0.646. The molecular weight excluding hydrogens is 180 g/mol. The molecule has 0 heterocycles. The van der Waals surface area contributed by atoms with E-state index in [1.807, 2.05) is 0 Å². The average molecular weight is 204 g/mol. The summed E-state index contributed by atoms with van der Waals surface area (Å²) in [5.41, 5.74) is 0. The van der Waals surface area contributed by atoms with E-state index >= 15 is 0 Å². The molecule has 2 rings (SSSR count). The van der Waals surface area contributed by atoms with Gasteiger partial charge < -0.3 is 0 Å². The summed E-state index contributed by atoms with van der Waals surface area (Å²) >= 11 is 0. The first-order chi connectivity index (χ1) is 7.13. The first-order valence-corrected chi connectivity index (χ1v) is 6.64. The van der Waals surface area contributed by atoms with Crippen LogP contribution in [0.15, 0.2) is 0 Å². The maximum atomic E-state index is 3.36. The Morgan fingerprint density at radius 2 is 1.60 bits per heavy atom. The molecule has 0 heteroatoms. The Labute approximate surface area is 94.8 Å². The third-order valence-corrected chi connectivity index (χ3v) is 5.02. The lowest BCUT2D eigenvalue weighted by Crippen LogP contribution is -2.36. The predicted molar refractivity (Wildman–Crippen MR) is 65.3 cm³/mol. The molecule has 0 aliphatic heterocycles. The molecule has 5 atom stereocenters. The lowest BCUT2D eigenvalue weighted by molar-refractivity contribution is 0.0534. The molecule has 0 bridgehead atoms. The van der Waals surface area contributed by atoms with Gasteiger partial charge in [0.25, 0.3) is 0 Å². The summed E-state index contributed by atoms with van der Waals surface area (Å²) in [5, 5.41) is 0. The van der Waals surface area contributed by atoms with Gasteiger partial charge in [0.15, 0.2) is 0 Å². The summed E-state index contributed by atoms with van der Waals surface area (Å²) < 4.78 is 0. The number of rotatable bonds is 3. The second kappa shape index (κ2) is 4.20. The highest BCUT2D eigenvalue weighted by Gasteiger charge is 2.39. The Balaban J connectivity index is 1.84. The average Bonchev–Trinajstić information content (AvgIpc) is 2.53. The molecule has 84 valence electrons. The maximum absolute atomic E-state index is 3.36. The molecule has 0 amide bonds. The van der Waals surface area contributed by atoms with Gasteiger partial charge in [-0.25, -0.2) is 0 Å². The normalized spacial score (nSPS) is 48.3. The third kappa shape index (κ3) is 1.94. The summed E-state index contributed by atoms with van der Waals surface area (Å²) in [6.45, 7) is 9.40. The van der Waals surface area contributed by atoms with Crippen molar-refractivity contribution in [1.82, 2.24) is 0 Å². The van der Waals surface area contributed by atoms with Crippen LogP contribution in [0.5, 0.6) is 0 Å². The van der Waals surface area contributed by atoms with Gasteiger partial charge in [0.1, 0.15) is 0 Å². The molecule has 0 spiro atoms. The quantitative estimate of drug-likeness (QED) is 0.610. The molecule has 0 N–H and O–H groups in total. The fraction of sp³-hybridized carbons (Fsp3) is 0.867. The van der Waals surface area contributed by atoms with Crippen molar-refractivity contribution in [2.75, 3.05) is 0 Å². The minimum absolute atomic E-state index is 0.646. The van der Waals surface area contributed by atoms with E-state index in [9.17, 15) is 0 Å². The van der Waals surface area contributed by atoms with Gasteiger partial charge in [0.05, 0.1) is 0 Å². The van der Waals surface area contributed by atoms with Crippen molar-refractivity contribution < 1.29 is 0 Å². The molecule has 2 aliphatic rings. The van der Waals surface area contributed by atoms with Crippen molar-refractivity contribution in [3.05, 3.63) is 0 Å². The van der Waals surface area contributed by atoms with Gasteiger partial charge in [-0.2, -0.15) is 0 Å².